The van der Waals surface area contributed by atoms with Crippen LogP contribution in [0.5, 0.6) is 0 Å². The zero-order valence-corrected chi connectivity index (χ0v) is 66.1. The van der Waals surface area contributed by atoms with Gasteiger partial charge in [-0.1, -0.05) is 157 Å². The van der Waals surface area contributed by atoms with E-state index in [9.17, 15) is 0 Å². The average Bonchev–Trinajstić information content (AvgIpc) is 1.63. The van der Waals surface area contributed by atoms with Crippen molar-refractivity contribution in [3.63, 3.8) is 0 Å². The number of fused-ring (bicyclic) bond motifs is 18. The zero-order valence-electron chi connectivity index (χ0n) is 66.1. The molecule has 0 saturated heterocycles. The molecule has 0 heterocycles. The van der Waals surface area contributed by atoms with E-state index in [-0.39, 0.29) is 0 Å². The molecule has 6 aliphatic carbocycles. The van der Waals surface area contributed by atoms with Crippen LogP contribution in [-0.2, 0) is 38.5 Å². The monoisotopic (exact) mass is 1330 g/mol. The lowest BCUT2D eigenvalue weighted by Gasteiger charge is -2.16. The third-order valence-corrected chi connectivity index (χ3v) is 25.7. The maximum absolute atomic E-state index is 2.37. The van der Waals surface area contributed by atoms with E-state index in [2.05, 4.69) is 312 Å². The zero-order chi connectivity index (χ0) is 72.9. The van der Waals surface area contributed by atoms with E-state index in [1.54, 1.807) is 11.1 Å². The molecular weight excluding hydrogens is 1230 g/mol. The Labute approximate surface area is 613 Å². The molecule has 0 aromatic heterocycles. The van der Waals surface area contributed by atoms with Gasteiger partial charge in [0.2, 0.25) is 0 Å². The molecule has 0 radical (unpaired) electrons. The van der Waals surface area contributed by atoms with Gasteiger partial charge in [0.05, 0.1) is 0 Å². The summed E-state index contributed by atoms with van der Waals surface area (Å²) in [6.45, 7) is 53.7. The Bertz CT molecular complexity index is 5450. The fraction of sp³-hybridized carbons (Fsp3) is 0.294. The van der Waals surface area contributed by atoms with Gasteiger partial charge in [-0.25, -0.2) is 0 Å². The molecule has 0 spiro atoms. The van der Waals surface area contributed by atoms with Gasteiger partial charge in [0.15, 0.2) is 0 Å². The lowest BCUT2D eigenvalue weighted by atomic mass is 9.89. The largest absolute Gasteiger partial charge is 0.0619 e. The molecule has 0 N–H and O–H groups in total. The van der Waals surface area contributed by atoms with Crippen molar-refractivity contribution in [1.82, 2.24) is 0 Å². The fourth-order valence-corrected chi connectivity index (χ4v) is 18.1. The first-order valence-corrected chi connectivity index (χ1v) is 37.7. The van der Waals surface area contributed by atoms with Gasteiger partial charge in [-0.2, -0.15) is 0 Å². The maximum atomic E-state index is 2.37. The van der Waals surface area contributed by atoms with E-state index in [0.29, 0.717) is 0 Å². The second-order valence-corrected chi connectivity index (χ2v) is 31.6. The molecule has 18 rings (SSSR count). The number of hydrogen-bond acceptors (Lipinski definition) is 0. The molecule has 0 unspecified atom stereocenters. The van der Waals surface area contributed by atoms with Crippen molar-refractivity contribution in [2.45, 2.75) is 205 Å². The summed E-state index contributed by atoms with van der Waals surface area (Å²) in [6.07, 6.45) is 6.67. The number of hydrogen-bond donors (Lipinski definition) is 0. The van der Waals surface area contributed by atoms with Crippen LogP contribution in [0.3, 0.4) is 0 Å². The highest BCUT2D eigenvalue weighted by atomic mass is 14.3. The predicted molar refractivity (Wildman–Crippen MR) is 442 cm³/mol. The summed E-state index contributed by atoms with van der Waals surface area (Å²) in [5.74, 6) is 0. The third kappa shape index (κ3) is 12.5. The Morgan fingerprint density at radius 3 is 1.17 bits per heavy atom. The highest BCUT2D eigenvalue weighted by Gasteiger charge is 2.29. The van der Waals surface area contributed by atoms with Crippen molar-refractivity contribution in [3.05, 3.63) is 346 Å². The fourth-order valence-electron chi connectivity index (χ4n) is 18.1. The molecule has 0 aliphatic heterocycles. The van der Waals surface area contributed by atoms with Crippen molar-refractivity contribution in [2.24, 2.45) is 0 Å². The van der Waals surface area contributed by atoms with Gasteiger partial charge < -0.3 is 0 Å². The van der Waals surface area contributed by atoms with Gasteiger partial charge in [-0.05, 0) is 461 Å². The molecule has 102 heavy (non-hydrogen) atoms. The Morgan fingerprint density at radius 2 is 0.549 bits per heavy atom. The average molecular weight is 1330 g/mol. The van der Waals surface area contributed by atoms with Crippen molar-refractivity contribution < 1.29 is 0 Å². The molecule has 0 bridgehead atoms. The molecule has 12 aromatic rings. The van der Waals surface area contributed by atoms with Gasteiger partial charge in [0.25, 0.3) is 0 Å². The number of rotatable bonds is 0. The Balaban J connectivity index is 0.000000109. The van der Waals surface area contributed by atoms with Gasteiger partial charge >= 0.3 is 0 Å². The topological polar surface area (TPSA) is 0 Å². The van der Waals surface area contributed by atoms with Crippen molar-refractivity contribution >= 4 is 0 Å². The van der Waals surface area contributed by atoms with Gasteiger partial charge in [0, 0.05) is 0 Å². The molecule has 0 fully saturated rings. The highest BCUT2D eigenvalue weighted by Crippen LogP contribution is 2.48. The summed E-state index contributed by atoms with van der Waals surface area (Å²) >= 11 is 0. The van der Waals surface area contributed by atoms with E-state index in [0.717, 1.165) is 38.5 Å². The van der Waals surface area contributed by atoms with E-state index >= 15 is 0 Å². The molecule has 0 amide bonds. The summed E-state index contributed by atoms with van der Waals surface area (Å²) in [5.41, 5.74) is 70.4. The molecular formula is C102H108. The predicted octanol–water partition coefficient (Wildman–Crippen LogP) is 26.9. The van der Waals surface area contributed by atoms with Crippen molar-refractivity contribution in [3.8, 4) is 66.8 Å². The minimum absolute atomic E-state index is 1.11. The Hall–Kier alpha value is -9.36. The molecule has 0 heteroatoms. The normalized spacial score (nSPS) is 12.5. The summed E-state index contributed by atoms with van der Waals surface area (Å²) in [6, 6.07) is 54.3. The molecule has 0 nitrogen and oxygen atoms in total. The summed E-state index contributed by atoms with van der Waals surface area (Å²) < 4.78 is 0. The molecule has 516 valence electrons. The van der Waals surface area contributed by atoms with E-state index in [1.165, 1.54) is 256 Å². The first-order chi connectivity index (χ1) is 48.5. The second-order valence-electron chi connectivity index (χ2n) is 31.6. The van der Waals surface area contributed by atoms with Gasteiger partial charge in [-0.3, -0.25) is 0 Å². The van der Waals surface area contributed by atoms with Gasteiger partial charge in [0.1, 0.15) is 0 Å². The van der Waals surface area contributed by atoms with Crippen LogP contribution in [0.2, 0.25) is 0 Å². The second kappa shape index (κ2) is 27.8. The quantitative estimate of drug-likeness (QED) is 0.142. The van der Waals surface area contributed by atoms with Crippen LogP contribution in [-0.4, -0.2) is 0 Å². The van der Waals surface area contributed by atoms with Crippen LogP contribution in [0.1, 0.15) is 200 Å². The summed E-state index contributed by atoms with van der Waals surface area (Å²) in [7, 11) is 0. The third-order valence-electron chi connectivity index (χ3n) is 25.7. The minimum atomic E-state index is 1.11. The van der Waals surface area contributed by atoms with E-state index in [4.69, 9.17) is 0 Å². The summed E-state index contributed by atoms with van der Waals surface area (Å²) in [5, 5.41) is 0. The summed E-state index contributed by atoms with van der Waals surface area (Å²) in [4.78, 5) is 0. The lowest BCUT2D eigenvalue weighted by Crippen LogP contribution is -1.98. The Kier molecular flexibility index (Phi) is 19.3. The van der Waals surface area contributed by atoms with Gasteiger partial charge in [-0.15, -0.1) is 0 Å². The molecule has 0 atom stereocenters. The minimum Gasteiger partial charge on any atom is -0.0619 e. The molecule has 6 aliphatic rings. The highest BCUT2D eigenvalue weighted by molar-refractivity contribution is 5.87. The van der Waals surface area contributed by atoms with Crippen LogP contribution >= 0.6 is 0 Å². The van der Waals surface area contributed by atoms with Crippen LogP contribution in [0.25, 0.3) is 66.8 Å². The SMILES string of the molecule is Cc1c(C)c(C)c2c(c1C)Cc1ccccc1-2.Cc1cc(C)c2c(c1C)Cc1cccc(C)c1-2.Cc1cc2c(c(C)c1C)Cc1c(C)cccc1-2.Cc1cc2c(c(C)c1C)Cc1cccc(C)c1-2.Cc1ccc2c(c1)-c1cc(C)c(C)c(C)c1C2.Cc1ccc2c(c1)Cc1c-2cc(C)c(C)c1C. The van der Waals surface area contributed by atoms with E-state index < -0.39 is 0 Å². The number of benzene rings is 12. The maximum Gasteiger partial charge on any atom is -0.000809 e. The van der Waals surface area contributed by atoms with Crippen LogP contribution in [0, 0.1) is 166 Å². The van der Waals surface area contributed by atoms with Crippen LogP contribution in [0.15, 0.2) is 146 Å². The van der Waals surface area contributed by atoms with E-state index in [1.807, 2.05) is 0 Å². The Morgan fingerprint density at radius 1 is 0.157 bits per heavy atom. The standard InChI is InChI=1S/6C17H18/c1-10-5-6-15-14(7-10)9-16-13(4)12(3)11(2)8-17(15)16;1-10-5-6-14-9-15-13(4)12(3)11(2)8-17(15)16(14)7-10;1-10-6-5-7-14-15(10)9-16-13(4)12(3)11(2)8-17(14)16;1-10-6-5-7-14-9-15-13(4)12(3)11(2)8-16(15)17(10)14;1-10-6-5-7-14-9-15-13(4)11(2)8-12(3)17(15)16(10)14;1-10-11(2)13(4)17-15-8-6-5-7-14(15)9-16(17)12(10)3/h6*5-8H,9H2,1-4H3. The van der Waals surface area contributed by atoms with Crippen LogP contribution < -0.4 is 0 Å². The molecule has 12 aromatic carbocycles. The lowest BCUT2D eigenvalue weighted by molar-refractivity contribution is 1.15. The molecule has 0 saturated carbocycles. The first-order valence-electron chi connectivity index (χ1n) is 37.7. The van der Waals surface area contributed by atoms with Crippen molar-refractivity contribution in [2.75, 3.05) is 0 Å². The smallest absolute Gasteiger partial charge is 0.000809 e. The number of aryl methyl sites for hydroxylation is 11. The van der Waals surface area contributed by atoms with Crippen LogP contribution in [0.4, 0.5) is 0 Å². The van der Waals surface area contributed by atoms with Crippen molar-refractivity contribution in [1.29, 1.82) is 0 Å². The first kappa shape index (κ1) is 71.1.